The van der Waals surface area contributed by atoms with Crippen molar-refractivity contribution in [2.75, 3.05) is 10.8 Å². The molecule has 1 aliphatic carbocycles. The molecule has 0 radical (unpaired) electrons. The third kappa shape index (κ3) is 7.68. The molecule has 41 heavy (non-hydrogen) atoms. The molecule has 1 saturated carbocycles. The summed E-state index contributed by atoms with van der Waals surface area (Å²) in [5.41, 5.74) is 2.83. The van der Waals surface area contributed by atoms with E-state index in [1.54, 1.807) is 67.6 Å². The van der Waals surface area contributed by atoms with Crippen LogP contribution >= 0.6 is 11.6 Å². The smallest absolute Gasteiger partial charge is 0.264 e. The van der Waals surface area contributed by atoms with Gasteiger partial charge in [-0.3, -0.25) is 13.9 Å². The van der Waals surface area contributed by atoms with Gasteiger partial charge in [-0.05, 0) is 75.1 Å². The van der Waals surface area contributed by atoms with Crippen LogP contribution in [0.15, 0.2) is 77.7 Å². The van der Waals surface area contributed by atoms with Crippen molar-refractivity contribution in [3.8, 4) is 0 Å². The Hall–Kier alpha value is -3.36. The fraction of sp³-hybridized carbons (Fsp3) is 0.375. The van der Waals surface area contributed by atoms with Gasteiger partial charge in [0.2, 0.25) is 11.8 Å². The topological polar surface area (TPSA) is 86.8 Å². The Balaban J connectivity index is 1.68. The maximum atomic E-state index is 14.1. The standard InChI is InChI=1S/C32H38ClN3O4S/c1-23-13-19-29(20-14-23)41(39,40)36(30-12-8-7-9-24(30)2)22-31(37)35(21-26-15-17-27(33)18-16-26)25(3)32(38)34-28-10-5-4-6-11-28/h7-9,12-20,25,28H,4-6,10-11,21-22H2,1-3H3,(H,34,38). The highest BCUT2D eigenvalue weighted by Gasteiger charge is 2.33. The Morgan fingerprint density at radius 2 is 1.56 bits per heavy atom. The second-order valence-corrected chi connectivity index (χ2v) is 13.1. The number of aryl methyl sites for hydroxylation is 2. The molecule has 0 saturated heterocycles. The maximum Gasteiger partial charge on any atom is 0.264 e. The molecule has 0 heterocycles. The predicted molar refractivity (Wildman–Crippen MR) is 163 cm³/mol. The Morgan fingerprint density at radius 3 is 2.20 bits per heavy atom. The highest BCUT2D eigenvalue weighted by molar-refractivity contribution is 7.92. The molecule has 1 fully saturated rings. The first-order chi connectivity index (χ1) is 19.6. The molecular weight excluding hydrogens is 558 g/mol. The number of nitrogens with one attached hydrogen (secondary N) is 1. The number of rotatable bonds is 10. The van der Waals surface area contributed by atoms with E-state index in [0.717, 1.165) is 47.5 Å². The molecule has 1 aliphatic rings. The molecule has 2 amide bonds. The van der Waals surface area contributed by atoms with Crippen molar-refractivity contribution in [3.05, 3.63) is 94.5 Å². The SMILES string of the molecule is Cc1ccc(S(=O)(=O)N(CC(=O)N(Cc2ccc(Cl)cc2)C(C)C(=O)NC2CCCCC2)c2ccccc2C)cc1. The number of carbonyl (C=O) groups is 2. The number of para-hydroxylation sites is 1. The van der Waals surface area contributed by atoms with Crippen LogP contribution in [0.2, 0.25) is 5.02 Å². The molecular formula is C32H38ClN3O4S. The van der Waals surface area contributed by atoms with E-state index in [9.17, 15) is 18.0 Å². The van der Waals surface area contributed by atoms with Crippen LogP contribution in [0.25, 0.3) is 0 Å². The average molecular weight is 596 g/mol. The zero-order valence-corrected chi connectivity index (χ0v) is 25.4. The summed E-state index contributed by atoms with van der Waals surface area (Å²) < 4.78 is 29.1. The lowest BCUT2D eigenvalue weighted by atomic mass is 9.95. The molecule has 1 unspecified atom stereocenters. The van der Waals surface area contributed by atoms with Gasteiger partial charge in [-0.15, -0.1) is 0 Å². The number of hydrogen-bond donors (Lipinski definition) is 1. The third-order valence-corrected chi connectivity index (χ3v) is 9.68. The Kier molecular flexibility index (Phi) is 10.1. The molecule has 7 nitrogen and oxygen atoms in total. The van der Waals surface area contributed by atoms with Gasteiger partial charge in [0.15, 0.2) is 0 Å². The zero-order valence-electron chi connectivity index (χ0n) is 23.8. The number of sulfonamides is 1. The van der Waals surface area contributed by atoms with Gasteiger partial charge in [0.25, 0.3) is 10.0 Å². The van der Waals surface area contributed by atoms with E-state index >= 15 is 0 Å². The molecule has 0 aliphatic heterocycles. The number of carbonyl (C=O) groups excluding carboxylic acids is 2. The third-order valence-electron chi connectivity index (χ3n) is 7.66. The van der Waals surface area contributed by atoms with Gasteiger partial charge in [0, 0.05) is 17.6 Å². The lowest BCUT2D eigenvalue weighted by Gasteiger charge is -2.33. The number of anilines is 1. The summed E-state index contributed by atoms with van der Waals surface area (Å²) in [4.78, 5) is 29.0. The van der Waals surface area contributed by atoms with E-state index in [0.29, 0.717) is 16.3 Å². The summed E-state index contributed by atoms with van der Waals surface area (Å²) in [6.07, 6.45) is 5.12. The number of hydrogen-bond acceptors (Lipinski definition) is 4. The molecule has 4 rings (SSSR count). The van der Waals surface area contributed by atoms with Gasteiger partial charge in [-0.2, -0.15) is 0 Å². The van der Waals surface area contributed by atoms with Crippen molar-refractivity contribution in [1.29, 1.82) is 0 Å². The van der Waals surface area contributed by atoms with Crippen molar-refractivity contribution < 1.29 is 18.0 Å². The van der Waals surface area contributed by atoms with Crippen LogP contribution < -0.4 is 9.62 Å². The van der Waals surface area contributed by atoms with Crippen LogP contribution in [-0.4, -0.2) is 43.8 Å². The van der Waals surface area contributed by atoms with Crippen molar-refractivity contribution in [2.24, 2.45) is 0 Å². The van der Waals surface area contributed by atoms with E-state index in [1.807, 2.05) is 26.0 Å². The van der Waals surface area contributed by atoms with Gasteiger partial charge >= 0.3 is 0 Å². The van der Waals surface area contributed by atoms with Gasteiger partial charge in [0.05, 0.1) is 10.6 Å². The normalized spacial score (nSPS) is 14.7. The number of amides is 2. The van der Waals surface area contributed by atoms with Gasteiger partial charge in [-0.25, -0.2) is 8.42 Å². The molecule has 1 N–H and O–H groups in total. The van der Waals surface area contributed by atoms with Gasteiger partial charge in [0.1, 0.15) is 12.6 Å². The van der Waals surface area contributed by atoms with Crippen molar-refractivity contribution in [1.82, 2.24) is 10.2 Å². The van der Waals surface area contributed by atoms with E-state index in [-0.39, 0.29) is 23.4 Å². The Morgan fingerprint density at radius 1 is 0.927 bits per heavy atom. The average Bonchev–Trinajstić information content (AvgIpc) is 2.96. The number of benzene rings is 3. The van der Waals surface area contributed by atoms with Crippen LogP contribution in [0, 0.1) is 13.8 Å². The van der Waals surface area contributed by atoms with Crippen LogP contribution in [-0.2, 0) is 26.2 Å². The van der Waals surface area contributed by atoms with Crippen LogP contribution in [0.3, 0.4) is 0 Å². The summed E-state index contributed by atoms with van der Waals surface area (Å²) in [7, 11) is -4.10. The second kappa shape index (κ2) is 13.5. The quantitative estimate of drug-likeness (QED) is 0.311. The van der Waals surface area contributed by atoms with E-state index < -0.39 is 28.5 Å². The monoisotopic (exact) mass is 595 g/mol. The summed E-state index contributed by atoms with van der Waals surface area (Å²) in [5.74, 6) is -0.728. The minimum Gasteiger partial charge on any atom is -0.352 e. The lowest BCUT2D eigenvalue weighted by Crippen LogP contribution is -2.53. The molecule has 0 aromatic heterocycles. The molecule has 218 valence electrons. The predicted octanol–water partition coefficient (Wildman–Crippen LogP) is 6.02. The first kappa shape index (κ1) is 30.6. The van der Waals surface area contributed by atoms with Crippen LogP contribution in [0.4, 0.5) is 5.69 Å². The summed E-state index contributed by atoms with van der Waals surface area (Å²) >= 11 is 6.08. The molecule has 3 aromatic rings. The fourth-order valence-corrected chi connectivity index (χ4v) is 6.74. The van der Waals surface area contributed by atoms with Crippen LogP contribution in [0.1, 0.15) is 55.7 Å². The van der Waals surface area contributed by atoms with E-state index in [1.165, 1.54) is 4.90 Å². The summed E-state index contributed by atoms with van der Waals surface area (Å²) in [6, 6.07) is 20.0. The number of nitrogens with zero attached hydrogens (tertiary/aromatic N) is 2. The molecule has 3 aromatic carbocycles. The van der Waals surface area contributed by atoms with E-state index in [4.69, 9.17) is 11.6 Å². The van der Waals surface area contributed by atoms with E-state index in [2.05, 4.69) is 5.32 Å². The molecule has 9 heteroatoms. The first-order valence-corrected chi connectivity index (χ1v) is 15.9. The Bertz CT molecular complexity index is 1450. The number of halogens is 1. The lowest BCUT2D eigenvalue weighted by molar-refractivity contribution is -0.139. The zero-order chi connectivity index (χ0) is 29.6. The fourth-order valence-electron chi connectivity index (χ4n) is 5.13. The highest BCUT2D eigenvalue weighted by atomic mass is 35.5. The summed E-state index contributed by atoms with van der Waals surface area (Å²) in [5, 5.41) is 3.68. The van der Waals surface area contributed by atoms with Gasteiger partial charge < -0.3 is 10.2 Å². The minimum absolute atomic E-state index is 0.0802. The largest absolute Gasteiger partial charge is 0.352 e. The van der Waals surface area contributed by atoms with Crippen molar-refractivity contribution in [3.63, 3.8) is 0 Å². The highest BCUT2D eigenvalue weighted by Crippen LogP contribution is 2.28. The maximum absolute atomic E-state index is 14.1. The van der Waals surface area contributed by atoms with Crippen LogP contribution in [0.5, 0.6) is 0 Å². The molecule has 1 atom stereocenters. The Labute approximate surface area is 248 Å². The second-order valence-electron chi connectivity index (χ2n) is 10.8. The van der Waals surface area contributed by atoms with Crippen molar-refractivity contribution in [2.45, 2.75) is 76.4 Å². The molecule has 0 spiro atoms. The minimum atomic E-state index is -4.10. The molecule has 0 bridgehead atoms. The van der Waals surface area contributed by atoms with Gasteiger partial charge in [-0.1, -0.05) is 78.9 Å². The van der Waals surface area contributed by atoms with Crippen molar-refractivity contribution >= 4 is 39.1 Å². The first-order valence-electron chi connectivity index (χ1n) is 14.1. The summed E-state index contributed by atoms with van der Waals surface area (Å²) in [6.45, 7) is 5.05.